The van der Waals surface area contributed by atoms with Gasteiger partial charge in [-0.05, 0) is 67.5 Å². The summed E-state index contributed by atoms with van der Waals surface area (Å²) in [5, 5.41) is 0.551. The van der Waals surface area contributed by atoms with Crippen LogP contribution in [0.4, 0.5) is 0 Å². The first-order valence-corrected chi connectivity index (χ1v) is 11.4. The number of hydrogen-bond donors (Lipinski definition) is 0. The molecular weight excluding hydrogens is 402 g/mol. The maximum absolute atomic E-state index is 13.7. The molecule has 0 N–H and O–H groups in total. The van der Waals surface area contributed by atoms with Crippen molar-refractivity contribution in [2.75, 3.05) is 13.2 Å². The summed E-state index contributed by atoms with van der Waals surface area (Å²) >= 11 is 0. The van der Waals surface area contributed by atoms with Gasteiger partial charge in [0.2, 0.25) is 5.76 Å². The van der Waals surface area contributed by atoms with E-state index in [4.69, 9.17) is 9.15 Å². The second-order valence-electron chi connectivity index (χ2n) is 9.13. The van der Waals surface area contributed by atoms with Crippen molar-refractivity contribution in [3.63, 3.8) is 0 Å². The first kappa shape index (κ1) is 22.1. The fourth-order valence-corrected chi connectivity index (χ4v) is 4.52. The number of rotatable bonds is 7. The third-order valence-electron chi connectivity index (χ3n) is 6.01. The normalized spacial score (nSPS) is 15.6. The van der Waals surface area contributed by atoms with Crippen LogP contribution in [-0.4, -0.2) is 24.0 Å². The topological polar surface area (TPSA) is 59.8 Å². The first-order valence-electron chi connectivity index (χ1n) is 11.4. The monoisotopic (exact) mass is 433 g/mol. The fourth-order valence-electron chi connectivity index (χ4n) is 4.52. The molecule has 5 nitrogen and oxygen atoms in total. The average Bonchev–Trinajstić information content (AvgIpc) is 3.00. The lowest BCUT2D eigenvalue weighted by Gasteiger charge is -2.25. The molecule has 0 fully saturated rings. The van der Waals surface area contributed by atoms with Crippen molar-refractivity contribution in [3.8, 4) is 5.75 Å². The van der Waals surface area contributed by atoms with Gasteiger partial charge in [-0.1, -0.05) is 39.0 Å². The number of benzene rings is 2. The standard InChI is InChI=1S/C27H31NO4/c1-6-11-28-24(19-8-7-9-20(15-19)31-12-10-16(2)3)23-25(29)22-18(5)13-17(4)14-21(22)32-26(23)27(28)30/h7-9,13-16,24H,6,10-12H2,1-5H3. The molecule has 0 spiro atoms. The quantitative estimate of drug-likeness (QED) is 0.473. The van der Waals surface area contributed by atoms with Crippen molar-refractivity contribution in [1.29, 1.82) is 0 Å². The molecule has 0 saturated heterocycles. The van der Waals surface area contributed by atoms with Crippen LogP contribution in [0, 0.1) is 19.8 Å². The van der Waals surface area contributed by atoms with Crippen LogP contribution in [0.1, 0.15) is 72.5 Å². The van der Waals surface area contributed by atoms with Gasteiger partial charge in [-0.25, -0.2) is 0 Å². The van der Waals surface area contributed by atoms with Crippen LogP contribution in [-0.2, 0) is 0 Å². The van der Waals surface area contributed by atoms with E-state index in [0.717, 1.165) is 35.3 Å². The van der Waals surface area contributed by atoms with Crippen LogP contribution in [0.5, 0.6) is 5.75 Å². The summed E-state index contributed by atoms with van der Waals surface area (Å²) < 4.78 is 12.0. The summed E-state index contributed by atoms with van der Waals surface area (Å²) in [5.74, 6) is 1.24. The van der Waals surface area contributed by atoms with Crippen LogP contribution in [0.2, 0.25) is 0 Å². The van der Waals surface area contributed by atoms with Crippen molar-refractivity contribution >= 4 is 16.9 Å². The van der Waals surface area contributed by atoms with Gasteiger partial charge in [0, 0.05) is 6.54 Å². The van der Waals surface area contributed by atoms with E-state index in [-0.39, 0.29) is 17.1 Å². The van der Waals surface area contributed by atoms with E-state index in [1.807, 2.05) is 57.2 Å². The predicted octanol–water partition coefficient (Wildman–Crippen LogP) is 5.79. The zero-order valence-corrected chi connectivity index (χ0v) is 19.5. The fraction of sp³-hybridized carbons (Fsp3) is 0.407. The molecule has 168 valence electrons. The number of carbonyl (C=O) groups excluding carboxylic acids is 1. The molecule has 32 heavy (non-hydrogen) atoms. The minimum absolute atomic E-state index is 0.123. The number of fused-ring (bicyclic) bond motifs is 2. The Labute approximate surface area is 189 Å². The largest absolute Gasteiger partial charge is 0.494 e. The molecule has 1 aromatic heterocycles. The number of aryl methyl sites for hydroxylation is 2. The average molecular weight is 434 g/mol. The number of nitrogens with zero attached hydrogens (tertiary/aromatic N) is 1. The highest BCUT2D eigenvalue weighted by Crippen LogP contribution is 2.39. The van der Waals surface area contributed by atoms with E-state index in [2.05, 4.69) is 13.8 Å². The smallest absolute Gasteiger partial charge is 0.290 e. The minimum atomic E-state index is -0.479. The van der Waals surface area contributed by atoms with Gasteiger partial charge in [-0.2, -0.15) is 0 Å². The molecule has 0 saturated carbocycles. The van der Waals surface area contributed by atoms with E-state index < -0.39 is 6.04 Å². The second-order valence-corrected chi connectivity index (χ2v) is 9.13. The van der Waals surface area contributed by atoms with Gasteiger partial charge in [0.15, 0.2) is 5.43 Å². The number of ether oxygens (including phenoxy) is 1. The van der Waals surface area contributed by atoms with E-state index in [0.29, 0.717) is 35.6 Å². The van der Waals surface area contributed by atoms with Crippen LogP contribution in [0.15, 0.2) is 45.6 Å². The summed E-state index contributed by atoms with van der Waals surface area (Å²) in [6, 6.07) is 11.1. The van der Waals surface area contributed by atoms with Gasteiger partial charge in [0.1, 0.15) is 11.3 Å². The van der Waals surface area contributed by atoms with Crippen LogP contribution >= 0.6 is 0 Å². The summed E-state index contributed by atoms with van der Waals surface area (Å²) in [5.41, 5.74) is 3.51. The van der Waals surface area contributed by atoms with Gasteiger partial charge < -0.3 is 14.1 Å². The lowest BCUT2D eigenvalue weighted by Crippen LogP contribution is -2.30. The van der Waals surface area contributed by atoms with Crippen molar-refractivity contribution in [2.24, 2.45) is 5.92 Å². The molecule has 0 bridgehead atoms. The Kier molecular flexibility index (Phi) is 6.09. The molecule has 4 rings (SSSR count). The lowest BCUT2D eigenvalue weighted by atomic mass is 9.96. The SMILES string of the molecule is CCCN1C(=O)c2oc3cc(C)cc(C)c3c(=O)c2C1c1cccc(OCCC(C)C)c1. The zero-order chi connectivity index (χ0) is 23.0. The molecule has 2 aromatic carbocycles. The molecule has 0 radical (unpaired) electrons. The summed E-state index contributed by atoms with van der Waals surface area (Å²) in [4.78, 5) is 28.8. The number of hydrogen-bond acceptors (Lipinski definition) is 4. The Balaban J connectivity index is 1.85. The van der Waals surface area contributed by atoms with Gasteiger partial charge >= 0.3 is 0 Å². The highest BCUT2D eigenvalue weighted by molar-refractivity contribution is 5.99. The van der Waals surface area contributed by atoms with Gasteiger partial charge in [0.25, 0.3) is 5.91 Å². The molecular formula is C27H31NO4. The molecule has 1 aliphatic rings. The van der Waals surface area contributed by atoms with E-state index in [1.54, 1.807) is 4.90 Å². The molecule has 3 aromatic rings. The summed E-state index contributed by atoms with van der Waals surface area (Å²) in [7, 11) is 0. The van der Waals surface area contributed by atoms with Gasteiger partial charge in [-0.15, -0.1) is 0 Å². The highest BCUT2D eigenvalue weighted by Gasteiger charge is 2.42. The molecule has 2 heterocycles. The number of amides is 1. The van der Waals surface area contributed by atoms with Crippen molar-refractivity contribution in [3.05, 3.63) is 74.6 Å². The van der Waals surface area contributed by atoms with Crippen molar-refractivity contribution in [2.45, 2.75) is 53.5 Å². The van der Waals surface area contributed by atoms with E-state index in [1.165, 1.54) is 0 Å². The second kappa shape index (κ2) is 8.81. The maximum atomic E-state index is 13.7. The molecule has 1 atom stereocenters. The minimum Gasteiger partial charge on any atom is -0.494 e. The Bertz CT molecular complexity index is 1220. The Morgan fingerprint density at radius 3 is 2.62 bits per heavy atom. The third kappa shape index (κ3) is 3.92. The molecule has 1 amide bonds. The van der Waals surface area contributed by atoms with Gasteiger partial charge in [-0.3, -0.25) is 9.59 Å². The Morgan fingerprint density at radius 2 is 1.91 bits per heavy atom. The van der Waals surface area contributed by atoms with Crippen LogP contribution in [0.25, 0.3) is 11.0 Å². The molecule has 1 aliphatic heterocycles. The summed E-state index contributed by atoms with van der Waals surface area (Å²) in [6.45, 7) is 11.4. The van der Waals surface area contributed by atoms with E-state index >= 15 is 0 Å². The van der Waals surface area contributed by atoms with Crippen molar-refractivity contribution < 1.29 is 13.9 Å². The Hall–Kier alpha value is -3.08. The summed E-state index contributed by atoms with van der Waals surface area (Å²) in [6.07, 6.45) is 1.75. The lowest BCUT2D eigenvalue weighted by molar-refractivity contribution is 0.0728. The third-order valence-corrected chi connectivity index (χ3v) is 6.01. The highest BCUT2D eigenvalue weighted by atomic mass is 16.5. The van der Waals surface area contributed by atoms with E-state index in [9.17, 15) is 9.59 Å². The number of carbonyl (C=O) groups is 1. The molecule has 5 heteroatoms. The molecule has 0 aliphatic carbocycles. The van der Waals surface area contributed by atoms with Gasteiger partial charge in [0.05, 0.1) is 23.6 Å². The first-order chi connectivity index (χ1) is 15.3. The molecule has 1 unspecified atom stereocenters. The van der Waals surface area contributed by atoms with Crippen molar-refractivity contribution in [1.82, 2.24) is 4.90 Å². The zero-order valence-electron chi connectivity index (χ0n) is 19.5. The predicted molar refractivity (Wildman–Crippen MR) is 127 cm³/mol. The maximum Gasteiger partial charge on any atom is 0.290 e. The Morgan fingerprint density at radius 1 is 1.12 bits per heavy atom. The van der Waals surface area contributed by atoms with Crippen LogP contribution < -0.4 is 10.2 Å². The van der Waals surface area contributed by atoms with Crippen LogP contribution in [0.3, 0.4) is 0 Å².